The third kappa shape index (κ3) is 3.27. The van der Waals surface area contributed by atoms with Gasteiger partial charge in [-0.15, -0.1) is 0 Å². The quantitative estimate of drug-likeness (QED) is 0.648. The fourth-order valence-electron chi connectivity index (χ4n) is 1.48. The van der Waals surface area contributed by atoms with E-state index in [9.17, 15) is 4.79 Å². The number of ether oxygens (including phenoxy) is 3. The van der Waals surface area contributed by atoms with Crippen LogP contribution >= 0.6 is 0 Å². The molecular weight excluding hydrogens is 184 g/mol. The van der Waals surface area contributed by atoms with Gasteiger partial charge in [-0.3, -0.25) is 4.79 Å². The molecule has 0 amide bonds. The van der Waals surface area contributed by atoms with Gasteiger partial charge in [-0.1, -0.05) is 0 Å². The van der Waals surface area contributed by atoms with Gasteiger partial charge in [0.15, 0.2) is 5.79 Å². The van der Waals surface area contributed by atoms with Gasteiger partial charge < -0.3 is 14.2 Å². The smallest absolute Gasteiger partial charge is 0.305 e. The predicted molar refractivity (Wildman–Crippen MR) is 50.8 cm³/mol. The van der Waals surface area contributed by atoms with Crippen LogP contribution in [-0.2, 0) is 19.0 Å². The zero-order valence-electron chi connectivity index (χ0n) is 9.04. The van der Waals surface area contributed by atoms with Crippen molar-refractivity contribution in [1.29, 1.82) is 0 Å². The van der Waals surface area contributed by atoms with E-state index in [1.54, 1.807) is 6.92 Å². The van der Waals surface area contributed by atoms with Gasteiger partial charge in [0.05, 0.1) is 25.7 Å². The molecule has 0 radical (unpaired) electrons. The third-order valence-corrected chi connectivity index (χ3v) is 2.16. The van der Waals surface area contributed by atoms with Crippen LogP contribution in [0.3, 0.4) is 0 Å². The zero-order chi connectivity index (χ0) is 10.6. The summed E-state index contributed by atoms with van der Waals surface area (Å²) in [7, 11) is 0. The number of esters is 1. The van der Waals surface area contributed by atoms with E-state index in [1.807, 2.05) is 13.8 Å². The maximum Gasteiger partial charge on any atom is 0.305 e. The molecule has 0 N–H and O–H groups in total. The molecule has 1 saturated heterocycles. The molecule has 2 atom stereocenters. The largest absolute Gasteiger partial charge is 0.466 e. The Kier molecular flexibility index (Phi) is 3.89. The first-order valence-electron chi connectivity index (χ1n) is 5.03. The van der Waals surface area contributed by atoms with Gasteiger partial charge in [-0.25, -0.2) is 0 Å². The second-order valence-corrected chi connectivity index (χ2v) is 3.68. The van der Waals surface area contributed by atoms with Crippen LogP contribution in [0.15, 0.2) is 0 Å². The van der Waals surface area contributed by atoms with Crippen molar-refractivity contribution in [2.45, 2.75) is 45.5 Å². The highest BCUT2D eigenvalue weighted by Crippen LogP contribution is 2.27. The lowest BCUT2D eigenvalue weighted by atomic mass is 10.2. The van der Waals surface area contributed by atoms with E-state index < -0.39 is 5.79 Å². The summed E-state index contributed by atoms with van der Waals surface area (Å²) < 4.78 is 15.8. The summed E-state index contributed by atoms with van der Waals surface area (Å²) in [5.74, 6) is -0.799. The lowest BCUT2D eigenvalue weighted by Crippen LogP contribution is -2.27. The van der Waals surface area contributed by atoms with Crippen molar-refractivity contribution in [1.82, 2.24) is 0 Å². The molecule has 0 aromatic carbocycles. The minimum Gasteiger partial charge on any atom is -0.466 e. The monoisotopic (exact) mass is 202 g/mol. The molecule has 0 spiro atoms. The van der Waals surface area contributed by atoms with Crippen LogP contribution < -0.4 is 0 Å². The Balaban J connectivity index is 2.27. The molecule has 14 heavy (non-hydrogen) atoms. The number of hydrogen-bond donors (Lipinski definition) is 0. The summed E-state index contributed by atoms with van der Waals surface area (Å²) in [5, 5.41) is 0. The maximum absolute atomic E-state index is 11.1. The Morgan fingerprint density at radius 2 is 2.36 bits per heavy atom. The van der Waals surface area contributed by atoms with E-state index in [0.717, 1.165) is 0 Å². The highest BCUT2D eigenvalue weighted by atomic mass is 16.7. The van der Waals surface area contributed by atoms with Gasteiger partial charge >= 0.3 is 5.97 Å². The zero-order valence-corrected chi connectivity index (χ0v) is 9.04. The van der Waals surface area contributed by atoms with Crippen LogP contribution in [0.4, 0.5) is 0 Å². The molecule has 0 aliphatic carbocycles. The average Bonchev–Trinajstić information content (AvgIpc) is 2.45. The highest BCUT2D eigenvalue weighted by molar-refractivity contribution is 5.69. The Morgan fingerprint density at radius 3 is 2.86 bits per heavy atom. The minimum absolute atomic E-state index is 0.113. The van der Waals surface area contributed by atoms with Crippen LogP contribution in [-0.4, -0.2) is 31.1 Å². The van der Waals surface area contributed by atoms with E-state index in [2.05, 4.69) is 0 Å². The molecular formula is C10H18O4. The highest BCUT2D eigenvalue weighted by Gasteiger charge is 2.35. The predicted octanol–water partition coefficient (Wildman–Crippen LogP) is 1.48. The molecule has 1 fully saturated rings. The molecule has 4 heteroatoms. The molecule has 1 aliphatic rings. The standard InChI is InChI=1S/C10H18O4/c1-4-12-9(11)5-6-10(3)13-7-8(2)14-10/h8H,4-7H2,1-3H3. The van der Waals surface area contributed by atoms with Crippen molar-refractivity contribution >= 4 is 5.97 Å². The lowest BCUT2D eigenvalue weighted by molar-refractivity contribution is -0.166. The van der Waals surface area contributed by atoms with Crippen LogP contribution in [0.5, 0.6) is 0 Å². The Bertz CT molecular complexity index is 204. The summed E-state index contributed by atoms with van der Waals surface area (Å²) in [6, 6.07) is 0. The van der Waals surface area contributed by atoms with Crippen molar-refractivity contribution in [3.63, 3.8) is 0 Å². The van der Waals surface area contributed by atoms with Crippen molar-refractivity contribution in [2.75, 3.05) is 13.2 Å². The maximum atomic E-state index is 11.1. The van der Waals surface area contributed by atoms with Gasteiger partial charge in [0.2, 0.25) is 0 Å². The summed E-state index contributed by atoms with van der Waals surface area (Å²) >= 11 is 0. The van der Waals surface area contributed by atoms with Crippen molar-refractivity contribution in [3.8, 4) is 0 Å². The molecule has 0 aromatic rings. The second-order valence-electron chi connectivity index (χ2n) is 3.68. The molecule has 4 nitrogen and oxygen atoms in total. The number of carbonyl (C=O) groups excluding carboxylic acids is 1. The lowest BCUT2D eigenvalue weighted by Gasteiger charge is -2.22. The summed E-state index contributed by atoms with van der Waals surface area (Å²) in [6.07, 6.45) is 1.01. The third-order valence-electron chi connectivity index (χ3n) is 2.16. The number of rotatable bonds is 4. The fraction of sp³-hybridized carbons (Fsp3) is 0.900. The van der Waals surface area contributed by atoms with Crippen molar-refractivity contribution in [3.05, 3.63) is 0 Å². The molecule has 0 aromatic heterocycles. The van der Waals surface area contributed by atoms with E-state index in [0.29, 0.717) is 26.1 Å². The van der Waals surface area contributed by atoms with E-state index in [4.69, 9.17) is 14.2 Å². The van der Waals surface area contributed by atoms with Gasteiger partial charge in [0, 0.05) is 6.42 Å². The minimum atomic E-state index is -0.605. The van der Waals surface area contributed by atoms with E-state index in [-0.39, 0.29) is 12.1 Å². The molecule has 1 aliphatic heterocycles. The average molecular weight is 202 g/mol. The SMILES string of the molecule is CCOC(=O)CCC1(C)OCC(C)O1. The molecule has 1 rings (SSSR count). The van der Waals surface area contributed by atoms with Gasteiger partial charge in [-0.2, -0.15) is 0 Å². The Labute approximate surface area is 84.5 Å². The summed E-state index contributed by atoms with van der Waals surface area (Å²) in [5.41, 5.74) is 0. The fourth-order valence-corrected chi connectivity index (χ4v) is 1.48. The Morgan fingerprint density at radius 1 is 1.64 bits per heavy atom. The summed E-state index contributed by atoms with van der Waals surface area (Å²) in [4.78, 5) is 11.1. The van der Waals surface area contributed by atoms with Crippen LogP contribution in [0.25, 0.3) is 0 Å². The van der Waals surface area contributed by atoms with Crippen molar-refractivity contribution < 1.29 is 19.0 Å². The van der Waals surface area contributed by atoms with E-state index >= 15 is 0 Å². The normalized spacial score (nSPS) is 31.8. The first-order chi connectivity index (χ1) is 6.56. The van der Waals surface area contributed by atoms with Crippen molar-refractivity contribution in [2.24, 2.45) is 0 Å². The van der Waals surface area contributed by atoms with Crippen LogP contribution in [0.2, 0.25) is 0 Å². The summed E-state index contributed by atoms with van der Waals surface area (Å²) in [6.45, 7) is 6.63. The van der Waals surface area contributed by atoms with Crippen LogP contribution in [0.1, 0.15) is 33.6 Å². The molecule has 82 valence electrons. The molecule has 1 heterocycles. The second kappa shape index (κ2) is 4.75. The first-order valence-corrected chi connectivity index (χ1v) is 5.03. The topological polar surface area (TPSA) is 44.8 Å². The van der Waals surface area contributed by atoms with E-state index in [1.165, 1.54) is 0 Å². The van der Waals surface area contributed by atoms with Gasteiger partial charge in [0.25, 0.3) is 0 Å². The number of carbonyl (C=O) groups is 1. The van der Waals surface area contributed by atoms with Crippen LogP contribution in [0, 0.1) is 0 Å². The Hall–Kier alpha value is -0.610. The molecule has 2 unspecified atom stereocenters. The number of hydrogen-bond acceptors (Lipinski definition) is 4. The van der Waals surface area contributed by atoms with Gasteiger partial charge in [0.1, 0.15) is 0 Å². The van der Waals surface area contributed by atoms with Gasteiger partial charge in [-0.05, 0) is 20.8 Å². The molecule has 0 bridgehead atoms. The first kappa shape index (κ1) is 11.5. The molecule has 0 saturated carbocycles.